The van der Waals surface area contributed by atoms with E-state index in [-0.39, 0.29) is 17.6 Å². The molecule has 0 unspecified atom stereocenters. The van der Waals surface area contributed by atoms with E-state index in [1.54, 1.807) is 0 Å². The maximum absolute atomic E-state index is 11.5. The lowest BCUT2D eigenvalue weighted by Gasteiger charge is -2.27. The van der Waals surface area contributed by atoms with Crippen LogP contribution in [0.2, 0.25) is 0 Å². The van der Waals surface area contributed by atoms with Gasteiger partial charge in [0.2, 0.25) is 5.91 Å². The van der Waals surface area contributed by atoms with E-state index in [4.69, 9.17) is 11.6 Å². The van der Waals surface area contributed by atoms with E-state index in [1.165, 1.54) is 6.92 Å². The Kier molecular flexibility index (Phi) is 3.31. The Morgan fingerprint density at radius 3 is 2.31 bits per heavy atom. The molecule has 1 saturated carbocycles. The van der Waals surface area contributed by atoms with Crippen molar-refractivity contribution in [2.75, 3.05) is 5.88 Å². The van der Waals surface area contributed by atoms with Gasteiger partial charge in [0, 0.05) is 6.92 Å². The van der Waals surface area contributed by atoms with Crippen molar-refractivity contribution >= 4 is 23.3 Å². The van der Waals surface area contributed by atoms with Gasteiger partial charge in [-0.2, -0.15) is 0 Å². The van der Waals surface area contributed by atoms with Crippen molar-refractivity contribution in [3.05, 3.63) is 0 Å². The van der Waals surface area contributed by atoms with Gasteiger partial charge in [-0.05, 0) is 12.8 Å². The summed E-state index contributed by atoms with van der Waals surface area (Å²) in [6, 6.07) is 0. The van der Waals surface area contributed by atoms with Gasteiger partial charge in [-0.15, -0.1) is 11.6 Å². The highest BCUT2D eigenvalue weighted by Gasteiger charge is 2.40. The second-order valence-electron chi connectivity index (χ2n) is 3.53. The molecule has 1 aliphatic carbocycles. The molecular weight excluding hydrogens is 190 g/mol. The molecule has 4 heteroatoms. The summed E-state index contributed by atoms with van der Waals surface area (Å²) in [7, 11) is 0. The molecule has 0 aromatic heterocycles. The number of Topliss-reactive ketones (excluding diaryl/α,β-unsaturated/α-hetero) is 1. The van der Waals surface area contributed by atoms with Crippen LogP contribution in [0.1, 0.15) is 32.6 Å². The molecule has 0 spiro atoms. The van der Waals surface area contributed by atoms with Gasteiger partial charge >= 0.3 is 0 Å². The van der Waals surface area contributed by atoms with E-state index in [0.29, 0.717) is 0 Å². The highest BCUT2D eigenvalue weighted by atomic mass is 35.5. The summed E-state index contributed by atoms with van der Waals surface area (Å²) in [6.07, 6.45) is 3.45. The smallest absolute Gasteiger partial charge is 0.217 e. The normalized spacial score (nSPS) is 19.8. The van der Waals surface area contributed by atoms with Crippen LogP contribution >= 0.6 is 11.6 Å². The Morgan fingerprint density at radius 2 is 1.92 bits per heavy atom. The van der Waals surface area contributed by atoms with E-state index in [1.807, 2.05) is 0 Å². The number of carbonyl (C=O) groups is 2. The first-order valence-corrected chi connectivity index (χ1v) is 5.02. The number of nitrogens with one attached hydrogen (secondary N) is 1. The van der Waals surface area contributed by atoms with Gasteiger partial charge in [-0.25, -0.2) is 0 Å². The van der Waals surface area contributed by atoms with Gasteiger partial charge in [0.05, 0.1) is 11.4 Å². The number of hydrogen-bond donors (Lipinski definition) is 1. The highest BCUT2D eigenvalue weighted by molar-refractivity contribution is 6.29. The summed E-state index contributed by atoms with van der Waals surface area (Å²) in [4.78, 5) is 22.4. The molecule has 13 heavy (non-hydrogen) atoms. The first-order chi connectivity index (χ1) is 6.10. The van der Waals surface area contributed by atoms with Crippen molar-refractivity contribution in [2.24, 2.45) is 0 Å². The lowest BCUT2D eigenvalue weighted by Crippen LogP contribution is -2.52. The summed E-state index contributed by atoms with van der Waals surface area (Å²) in [5.41, 5.74) is -0.645. The molecule has 1 N–H and O–H groups in total. The number of halogens is 1. The number of hydrogen-bond acceptors (Lipinski definition) is 2. The summed E-state index contributed by atoms with van der Waals surface area (Å²) < 4.78 is 0. The molecule has 1 amide bonds. The molecule has 0 aromatic carbocycles. The van der Waals surface area contributed by atoms with Crippen LogP contribution in [0.15, 0.2) is 0 Å². The van der Waals surface area contributed by atoms with Crippen molar-refractivity contribution in [3.63, 3.8) is 0 Å². The van der Waals surface area contributed by atoms with Gasteiger partial charge in [-0.1, -0.05) is 12.8 Å². The van der Waals surface area contributed by atoms with E-state index in [0.717, 1.165) is 25.7 Å². The van der Waals surface area contributed by atoms with Gasteiger partial charge < -0.3 is 5.32 Å². The molecule has 3 nitrogen and oxygen atoms in total. The predicted molar refractivity (Wildman–Crippen MR) is 50.7 cm³/mol. The van der Waals surface area contributed by atoms with Crippen molar-refractivity contribution in [3.8, 4) is 0 Å². The van der Waals surface area contributed by atoms with E-state index >= 15 is 0 Å². The zero-order chi connectivity index (χ0) is 9.90. The number of amides is 1. The van der Waals surface area contributed by atoms with E-state index in [9.17, 15) is 9.59 Å². The fraction of sp³-hybridized carbons (Fsp3) is 0.778. The summed E-state index contributed by atoms with van der Waals surface area (Å²) >= 11 is 5.50. The number of rotatable bonds is 3. The van der Waals surface area contributed by atoms with E-state index < -0.39 is 5.54 Å². The third kappa shape index (κ3) is 2.21. The first-order valence-electron chi connectivity index (χ1n) is 4.49. The van der Waals surface area contributed by atoms with Crippen LogP contribution in [-0.2, 0) is 9.59 Å². The number of alkyl halides is 1. The van der Waals surface area contributed by atoms with Gasteiger partial charge in [0.25, 0.3) is 0 Å². The molecule has 0 aromatic rings. The van der Waals surface area contributed by atoms with E-state index in [2.05, 4.69) is 5.32 Å². The SMILES string of the molecule is CC(=O)NC1(C(=O)CCl)CCCC1. The second kappa shape index (κ2) is 4.09. The molecule has 0 saturated heterocycles. The van der Waals surface area contributed by atoms with Crippen LogP contribution in [0, 0.1) is 0 Å². The Balaban J connectivity index is 2.74. The average molecular weight is 204 g/mol. The standard InChI is InChI=1S/C9H14ClNO2/c1-7(12)11-9(8(13)6-10)4-2-3-5-9/h2-6H2,1H3,(H,11,12). The van der Waals surface area contributed by atoms with Crippen molar-refractivity contribution < 1.29 is 9.59 Å². The van der Waals surface area contributed by atoms with Crippen molar-refractivity contribution in [2.45, 2.75) is 38.1 Å². The molecule has 1 fully saturated rings. The molecule has 1 aliphatic rings. The van der Waals surface area contributed by atoms with Crippen LogP contribution < -0.4 is 5.32 Å². The first kappa shape index (κ1) is 10.5. The molecule has 74 valence electrons. The Labute approximate surface area is 82.8 Å². The molecule has 0 heterocycles. The van der Waals surface area contributed by atoms with Gasteiger partial charge in [0.1, 0.15) is 0 Å². The molecule has 0 radical (unpaired) electrons. The minimum atomic E-state index is -0.645. The van der Waals surface area contributed by atoms with Crippen LogP contribution in [0.25, 0.3) is 0 Å². The molecule has 1 rings (SSSR count). The number of carbonyl (C=O) groups excluding carboxylic acids is 2. The monoisotopic (exact) mass is 203 g/mol. The van der Waals surface area contributed by atoms with Crippen LogP contribution in [-0.4, -0.2) is 23.1 Å². The Morgan fingerprint density at radius 1 is 1.38 bits per heavy atom. The van der Waals surface area contributed by atoms with Gasteiger partial charge in [-0.3, -0.25) is 9.59 Å². The minimum Gasteiger partial charge on any atom is -0.344 e. The van der Waals surface area contributed by atoms with Crippen molar-refractivity contribution in [1.82, 2.24) is 5.32 Å². The topological polar surface area (TPSA) is 46.2 Å². The van der Waals surface area contributed by atoms with Gasteiger partial charge in [0.15, 0.2) is 5.78 Å². The predicted octanol–water partition coefficient (Wildman–Crippen LogP) is 1.24. The summed E-state index contributed by atoms with van der Waals surface area (Å²) in [5.74, 6) is -0.220. The maximum Gasteiger partial charge on any atom is 0.217 e. The maximum atomic E-state index is 11.5. The Hall–Kier alpha value is -0.570. The van der Waals surface area contributed by atoms with Crippen LogP contribution in [0.4, 0.5) is 0 Å². The third-order valence-corrected chi connectivity index (χ3v) is 2.77. The van der Waals surface area contributed by atoms with Crippen LogP contribution in [0.3, 0.4) is 0 Å². The quantitative estimate of drug-likeness (QED) is 0.702. The summed E-state index contributed by atoms with van der Waals surface area (Å²) in [6.45, 7) is 1.43. The minimum absolute atomic E-state index is 0.0136. The fourth-order valence-electron chi connectivity index (χ4n) is 1.92. The zero-order valence-electron chi connectivity index (χ0n) is 7.73. The summed E-state index contributed by atoms with van der Waals surface area (Å²) in [5, 5.41) is 2.73. The average Bonchev–Trinajstić information content (AvgIpc) is 2.51. The molecular formula is C9H14ClNO2. The molecule has 0 atom stereocenters. The molecule has 0 bridgehead atoms. The Bertz CT molecular complexity index is 222. The fourth-order valence-corrected chi connectivity index (χ4v) is 2.17. The second-order valence-corrected chi connectivity index (χ2v) is 3.79. The lowest BCUT2D eigenvalue weighted by molar-refractivity contribution is -0.129. The van der Waals surface area contributed by atoms with Crippen LogP contribution in [0.5, 0.6) is 0 Å². The zero-order valence-corrected chi connectivity index (χ0v) is 8.49. The molecule has 0 aliphatic heterocycles. The highest BCUT2D eigenvalue weighted by Crippen LogP contribution is 2.30. The third-order valence-electron chi connectivity index (χ3n) is 2.53. The number of ketones is 1. The van der Waals surface area contributed by atoms with Crippen molar-refractivity contribution in [1.29, 1.82) is 0 Å². The lowest BCUT2D eigenvalue weighted by atomic mass is 9.93. The largest absolute Gasteiger partial charge is 0.344 e.